The summed E-state index contributed by atoms with van der Waals surface area (Å²) in [6.45, 7) is 2.78. The number of H-pyrrole nitrogens is 1. The molecule has 1 aromatic rings. The molecule has 2 aliphatic rings. The van der Waals surface area contributed by atoms with Crippen LogP contribution in [0.2, 0.25) is 0 Å². The van der Waals surface area contributed by atoms with E-state index < -0.39 is 0 Å². The number of nitrogens with one attached hydrogen (secondary N) is 1. The normalized spacial score (nSPS) is 25.4. The molecule has 104 valence electrons. The van der Waals surface area contributed by atoms with Gasteiger partial charge in [0.05, 0.1) is 0 Å². The molecule has 3 N–H and O–H groups in total. The number of likely N-dealkylation sites (tertiary alicyclic amines) is 1. The van der Waals surface area contributed by atoms with Gasteiger partial charge in [-0.1, -0.05) is 0 Å². The van der Waals surface area contributed by atoms with Crippen LogP contribution in [0.15, 0.2) is 6.07 Å². The molecule has 1 amide bonds. The lowest BCUT2D eigenvalue weighted by Crippen LogP contribution is -2.51. The zero-order valence-electron chi connectivity index (χ0n) is 11.4. The van der Waals surface area contributed by atoms with Crippen LogP contribution in [0.5, 0.6) is 0 Å². The molecule has 1 aromatic heterocycles. The Morgan fingerprint density at radius 2 is 2.26 bits per heavy atom. The summed E-state index contributed by atoms with van der Waals surface area (Å²) < 4.78 is 0. The van der Waals surface area contributed by atoms with Gasteiger partial charge in [0, 0.05) is 30.2 Å². The summed E-state index contributed by atoms with van der Waals surface area (Å²) in [5, 5.41) is 7.19. The SMILES string of the molecule is CC(N)C1CCCCN1C(=O)c1cc(C2CC2)[nH]n1. The van der Waals surface area contributed by atoms with E-state index in [2.05, 4.69) is 10.2 Å². The number of piperidine rings is 1. The monoisotopic (exact) mass is 262 g/mol. The third-order valence-corrected chi connectivity index (χ3v) is 4.25. The molecular formula is C14H22N4O. The number of amides is 1. The standard InChI is InChI=1S/C14H22N4O/c1-9(15)13-4-2-3-7-18(13)14(19)12-8-11(16-17-12)10-5-6-10/h8-10,13H,2-7,15H2,1H3,(H,16,17). The number of rotatable bonds is 3. The Labute approximate surface area is 113 Å². The third kappa shape index (κ3) is 2.52. The molecule has 1 saturated heterocycles. The molecule has 0 radical (unpaired) electrons. The van der Waals surface area contributed by atoms with Crippen LogP contribution in [0.25, 0.3) is 0 Å². The van der Waals surface area contributed by atoms with E-state index >= 15 is 0 Å². The van der Waals surface area contributed by atoms with Crippen LogP contribution < -0.4 is 5.73 Å². The largest absolute Gasteiger partial charge is 0.333 e. The summed E-state index contributed by atoms with van der Waals surface area (Å²) in [5.41, 5.74) is 7.67. The second-order valence-electron chi connectivity index (χ2n) is 5.90. The van der Waals surface area contributed by atoms with Crippen molar-refractivity contribution >= 4 is 5.91 Å². The summed E-state index contributed by atoms with van der Waals surface area (Å²) in [4.78, 5) is 14.5. The number of aromatic amines is 1. The molecule has 2 heterocycles. The van der Waals surface area contributed by atoms with Crippen LogP contribution in [0.4, 0.5) is 0 Å². The first-order chi connectivity index (χ1) is 9.16. The Kier molecular flexibility index (Phi) is 3.31. The van der Waals surface area contributed by atoms with Gasteiger partial charge in [0.2, 0.25) is 0 Å². The van der Waals surface area contributed by atoms with E-state index in [0.717, 1.165) is 31.5 Å². The fourth-order valence-electron chi connectivity index (χ4n) is 2.95. The maximum atomic E-state index is 12.6. The Morgan fingerprint density at radius 3 is 2.95 bits per heavy atom. The third-order valence-electron chi connectivity index (χ3n) is 4.25. The second-order valence-corrected chi connectivity index (χ2v) is 5.90. The number of nitrogens with two attached hydrogens (primary N) is 1. The Balaban J connectivity index is 1.76. The topological polar surface area (TPSA) is 75.0 Å². The van der Waals surface area contributed by atoms with Crippen molar-refractivity contribution in [2.24, 2.45) is 5.73 Å². The smallest absolute Gasteiger partial charge is 0.274 e. The van der Waals surface area contributed by atoms with Crippen LogP contribution in [0.3, 0.4) is 0 Å². The van der Waals surface area contributed by atoms with Crippen molar-refractivity contribution in [1.82, 2.24) is 15.1 Å². The minimum atomic E-state index is 0.0195. The minimum Gasteiger partial charge on any atom is -0.333 e. The van der Waals surface area contributed by atoms with Crippen LogP contribution in [0, 0.1) is 0 Å². The zero-order valence-corrected chi connectivity index (χ0v) is 11.4. The van der Waals surface area contributed by atoms with Gasteiger partial charge in [0.15, 0.2) is 0 Å². The average Bonchev–Trinajstić information content (AvgIpc) is 3.16. The quantitative estimate of drug-likeness (QED) is 0.869. The van der Waals surface area contributed by atoms with Crippen molar-refractivity contribution in [3.05, 3.63) is 17.5 Å². The second kappa shape index (κ2) is 4.96. The van der Waals surface area contributed by atoms with Gasteiger partial charge in [0.25, 0.3) is 5.91 Å². The number of carbonyl (C=O) groups excluding carboxylic acids is 1. The van der Waals surface area contributed by atoms with E-state index in [-0.39, 0.29) is 18.0 Å². The lowest BCUT2D eigenvalue weighted by atomic mass is 9.96. The molecule has 1 aliphatic carbocycles. The Morgan fingerprint density at radius 1 is 1.47 bits per heavy atom. The summed E-state index contributed by atoms with van der Waals surface area (Å²) in [5.74, 6) is 0.629. The number of aromatic nitrogens is 2. The van der Waals surface area contributed by atoms with Crippen molar-refractivity contribution < 1.29 is 4.79 Å². The first-order valence-electron chi connectivity index (χ1n) is 7.28. The van der Waals surface area contributed by atoms with E-state index in [0.29, 0.717) is 11.6 Å². The van der Waals surface area contributed by atoms with Gasteiger partial charge in [-0.25, -0.2) is 0 Å². The van der Waals surface area contributed by atoms with Crippen LogP contribution in [0.1, 0.15) is 61.1 Å². The van der Waals surface area contributed by atoms with Crippen LogP contribution in [-0.4, -0.2) is 39.6 Å². The zero-order chi connectivity index (χ0) is 13.4. The molecule has 0 bridgehead atoms. The molecule has 1 aliphatic heterocycles. The van der Waals surface area contributed by atoms with Gasteiger partial charge in [0.1, 0.15) is 5.69 Å². The van der Waals surface area contributed by atoms with Gasteiger partial charge < -0.3 is 10.6 Å². The predicted octanol–water partition coefficient (Wildman–Crippen LogP) is 1.63. The van der Waals surface area contributed by atoms with Gasteiger partial charge in [-0.05, 0) is 45.1 Å². The highest BCUT2D eigenvalue weighted by Crippen LogP contribution is 2.39. The molecule has 0 aromatic carbocycles. The van der Waals surface area contributed by atoms with Crippen LogP contribution >= 0.6 is 0 Å². The molecule has 2 atom stereocenters. The Hall–Kier alpha value is -1.36. The molecule has 1 saturated carbocycles. The number of hydrogen-bond donors (Lipinski definition) is 2. The van der Waals surface area contributed by atoms with Crippen molar-refractivity contribution in [2.45, 2.75) is 57.0 Å². The molecule has 2 fully saturated rings. The maximum Gasteiger partial charge on any atom is 0.274 e. The first-order valence-corrected chi connectivity index (χ1v) is 7.28. The summed E-state index contributed by atoms with van der Waals surface area (Å²) in [7, 11) is 0. The summed E-state index contributed by atoms with van der Waals surface area (Å²) >= 11 is 0. The van der Waals surface area contributed by atoms with Gasteiger partial charge in [-0.2, -0.15) is 5.10 Å². The van der Waals surface area contributed by atoms with E-state index in [4.69, 9.17) is 5.73 Å². The lowest BCUT2D eigenvalue weighted by Gasteiger charge is -2.37. The fourth-order valence-corrected chi connectivity index (χ4v) is 2.95. The molecule has 5 nitrogen and oxygen atoms in total. The predicted molar refractivity (Wildman–Crippen MR) is 72.9 cm³/mol. The minimum absolute atomic E-state index is 0.0195. The average molecular weight is 262 g/mol. The molecule has 5 heteroatoms. The van der Waals surface area contributed by atoms with Gasteiger partial charge >= 0.3 is 0 Å². The van der Waals surface area contributed by atoms with E-state index in [1.807, 2.05) is 17.9 Å². The highest BCUT2D eigenvalue weighted by Gasteiger charge is 2.32. The van der Waals surface area contributed by atoms with E-state index in [9.17, 15) is 4.79 Å². The molecule has 3 rings (SSSR count). The first kappa shape index (κ1) is 12.7. The molecular weight excluding hydrogens is 240 g/mol. The van der Waals surface area contributed by atoms with Gasteiger partial charge in [-0.3, -0.25) is 9.89 Å². The molecule has 2 unspecified atom stereocenters. The summed E-state index contributed by atoms with van der Waals surface area (Å²) in [6, 6.07) is 2.10. The molecule has 19 heavy (non-hydrogen) atoms. The van der Waals surface area contributed by atoms with Crippen molar-refractivity contribution in [2.75, 3.05) is 6.54 Å². The van der Waals surface area contributed by atoms with Gasteiger partial charge in [-0.15, -0.1) is 0 Å². The highest BCUT2D eigenvalue weighted by atomic mass is 16.2. The number of carbonyl (C=O) groups is 1. The van der Waals surface area contributed by atoms with E-state index in [1.165, 1.54) is 12.8 Å². The summed E-state index contributed by atoms with van der Waals surface area (Å²) in [6.07, 6.45) is 5.64. The Bertz CT molecular complexity index is 464. The van der Waals surface area contributed by atoms with Crippen molar-refractivity contribution in [1.29, 1.82) is 0 Å². The van der Waals surface area contributed by atoms with Crippen LogP contribution in [-0.2, 0) is 0 Å². The van der Waals surface area contributed by atoms with Crippen molar-refractivity contribution in [3.63, 3.8) is 0 Å². The lowest BCUT2D eigenvalue weighted by molar-refractivity contribution is 0.0577. The molecule has 0 spiro atoms. The van der Waals surface area contributed by atoms with E-state index in [1.54, 1.807) is 0 Å². The highest BCUT2D eigenvalue weighted by molar-refractivity contribution is 5.92. The van der Waals surface area contributed by atoms with Crippen molar-refractivity contribution in [3.8, 4) is 0 Å². The maximum absolute atomic E-state index is 12.6. The number of nitrogens with zero attached hydrogens (tertiary/aromatic N) is 2. The number of hydrogen-bond acceptors (Lipinski definition) is 3. The fraction of sp³-hybridized carbons (Fsp3) is 0.714.